The fourth-order valence-corrected chi connectivity index (χ4v) is 2.53. The molecular formula is C14H23ClN2O3S. The molecule has 0 saturated carbocycles. The highest BCUT2D eigenvalue weighted by Gasteiger charge is 2.22. The lowest BCUT2D eigenvalue weighted by Crippen LogP contribution is -2.34. The summed E-state index contributed by atoms with van der Waals surface area (Å²) in [6.07, 6.45) is 3.13. The van der Waals surface area contributed by atoms with Crippen molar-refractivity contribution < 1.29 is 13.2 Å². The molecule has 1 N–H and O–H groups in total. The van der Waals surface area contributed by atoms with Crippen molar-refractivity contribution in [1.29, 1.82) is 0 Å². The quantitative estimate of drug-likeness (QED) is 0.779. The van der Waals surface area contributed by atoms with Crippen molar-refractivity contribution in [2.75, 3.05) is 6.54 Å². The lowest BCUT2D eigenvalue weighted by molar-refractivity contribution is 0.0926. The fraction of sp³-hybridized carbons (Fsp3) is 0.643. The zero-order chi connectivity index (χ0) is 16.3. The van der Waals surface area contributed by atoms with E-state index in [2.05, 4.69) is 26.1 Å². The van der Waals surface area contributed by atoms with Crippen molar-refractivity contribution in [3.63, 3.8) is 0 Å². The molecule has 1 amide bonds. The molecule has 1 aromatic heterocycles. The number of nitrogens with one attached hydrogen (secondary N) is 1. The summed E-state index contributed by atoms with van der Waals surface area (Å²) in [6, 6.07) is 1.33. The predicted molar refractivity (Wildman–Crippen MR) is 84.2 cm³/mol. The topological polar surface area (TPSA) is 68.2 Å². The lowest BCUT2D eigenvalue weighted by Gasteiger charge is -2.23. The Morgan fingerprint density at radius 3 is 2.48 bits per heavy atom. The van der Waals surface area contributed by atoms with Crippen LogP contribution in [-0.2, 0) is 15.6 Å². The number of carbonyl (C=O) groups excluding carboxylic acids is 1. The van der Waals surface area contributed by atoms with E-state index in [1.54, 1.807) is 4.57 Å². The summed E-state index contributed by atoms with van der Waals surface area (Å²) < 4.78 is 24.4. The van der Waals surface area contributed by atoms with Crippen molar-refractivity contribution >= 4 is 25.6 Å². The molecule has 0 radical (unpaired) electrons. The number of hydrogen-bond donors (Lipinski definition) is 1. The highest BCUT2D eigenvalue weighted by atomic mass is 35.7. The molecule has 0 atom stereocenters. The minimum absolute atomic E-state index is 0.000764. The molecule has 1 rings (SSSR count). The summed E-state index contributed by atoms with van der Waals surface area (Å²) in [5.41, 5.74) is 0.321. The van der Waals surface area contributed by atoms with Gasteiger partial charge in [0.05, 0.1) is 0 Å². The first-order chi connectivity index (χ1) is 9.60. The van der Waals surface area contributed by atoms with Crippen molar-refractivity contribution in [2.24, 2.45) is 5.41 Å². The first-order valence-corrected chi connectivity index (χ1v) is 9.34. The van der Waals surface area contributed by atoms with Gasteiger partial charge in [-0.3, -0.25) is 4.79 Å². The van der Waals surface area contributed by atoms with Gasteiger partial charge in [-0.25, -0.2) is 8.42 Å². The van der Waals surface area contributed by atoms with Crippen molar-refractivity contribution in [3.05, 3.63) is 18.0 Å². The average Bonchev–Trinajstić information content (AvgIpc) is 2.81. The van der Waals surface area contributed by atoms with E-state index < -0.39 is 9.05 Å². The molecule has 120 valence electrons. The fourth-order valence-electron chi connectivity index (χ4n) is 1.77. The van der Waals surface area contributed by atoms with E-state index in [9.17, 15) is 13.2 Å². The summed E-state index contributed by atoms with van der Waals surface area (Å²) in [6.45, 7) is 9.23. The first-order valence-electron chi connectivity index (χ1n) is 7.03. The maximum atomic E-state index is 12.3. The van der Waals surface area contributed by atoms with E-state index in [0.717, 1.165) is 12.8 Å². The van der Waals surface area contributed by atoms with E-state index in [0.29, 0.717) is 18.8 Å². The zero-order valence-corrected chi connectivity index (χ0v) is 14.5. The molecule has 0 unspecified atom stereocenters. The van der Waals surface area contributed by atoms with Gasteiger partial charge < -0.3 is 9.88 Å². The van der Waals surface area contributed by atoms with Gasteiger partial charge in [0.15, 0.2) is 0 Å². The second-order valence-corrected chi connectivity index (χ2v) is 8.46. The summed E-state index contributed by atoms with van der Waals surface area (Å²) in [7, 11) is 1.52. The van der Waals surface area contributed by atoms with Gasteiger partial charge in [0, 0.05) is 30.0 Å². The average molecular weight is 335 g/mol. The van der Waals surface area contributed by atoms with Gasteiger partial charge in [0.1, 0.15) is 10.6 Å². The van der Waals surface area contributed by atoms with Gasteiger partial charge in [0.2, 0.25) is 0 Å². The Bertz CT molecular complexity index is 606. The predicted octanol–water partition coefficient (Wildman–Crippen LogP) is 2.99. The van der Waals surface area contributed by atoms with Crippen molar-refractivity contribution in [1.82, 2.24) is 9.88 Å². The van der Waals surface area contributed by atoms with Crippen LogP contribution in [0.1, 0.15) is 51.0 Å². The van der Waals surface area contributed by atoms with Crippen LogP contribution in [0, 0.1) is 5.41 Å². The maximum Gasteiger partial charge on any atom is 0.267 e. The van der Waals surface area contributed by atoms with Gasteiger partial charge in [-0.05, 0) is 24.3 Å². The normalized spacial score (nSPS) is 12.4. The molecule has 0 saturated heterocycles. The molecule has 0 fully saturated rings. The zero-order valence-electron chi connectivity index (χ0n) is 12.9. The van der Waals surface area contributed by atoms with Crippen LogP contribution >= 0.6 is 10.7 Å². The molecule has 0 aliphatic heterocycles. The Balaban J connectivity index is 3.00. The number of nitrogens with zero attached hydrogens (tertiary/aromatic N) is 1. The molecule has 1 aromatic rings. The third-order valence-electron chi connectivity index (χ3n) is 3.53. The number of carbonyl (C=O) groups is 1. The third kappa shape index (κ3) is 5.04. The molecule has 1 heterocycles. The summed E-state index contributed by atoms with van der Waals surface area (Å²) >= 11 is 0. The Kier molecular flexibility index (Phi) is 5.87. The van der Waals surface area contributed by atoms with Crippen LogP contribution in [0.2, 0.25) is 0 Å². The molecule has 0 aliphatic rings. The third-order valence-corrected chi connectivity index (χ3v) is 4.86. The van der Waals surface area contributed by atoms with E-state index in [4.69, 9.17) is 10.7 Å². The molecule has 7 heteroatoms. The SMILES string of the molecule is CCCn1cc(S(=O)(=O)Cl)cc1C(=O)NCC(C)(C)CC. The van der Waals surface area contributed by atoms with E-state index >= 15 is 0 Å². The molecule has 0 bridgehead atoms. The number of halogens is 1. The number of amides is 1. The molecule has 0 aromatic carbocycles. The van der Waals surface area contributed by atoms with E-state index in [-0.39, 0.29) is 16.2 Å². The number of aromatic nitrogens is 1. The molecule has 21 heavy (non-hydrogen) atoms. The second kappa shape index (κ2) is 6.83. The number of hydrogen-bond acceptors (Lipinski definition) is 3. The Hall–Kier alpha value is -1.01. The largest absolute Gasteiger partial charge is 0.350 e. The maximum absolute atomic E-state index is 12.3. The number of aryl methyl sites for hydroxylation is 1. The smallest absolute Gasteiger partial charge is 0.267 e. The second-order valence-electron chi connectivity index (χ2n) is 5.89. The van der Waals surface area contributed by atoms with Crippen LogP contribution in [0.4, 0.5) is 0 Å². The van der Waals surface area contributed by atoms with Crippen LogP contribution in [0.15, 0.2) is 17.2 Å². The van der Waals surface area contributed by atoms with Gasteiger partial charge in [-0.15, -0.1) is 0 Å². The summed E-state index contributed by atoms with van der Waals surface area (Å²) in [4.78, 5) is 12.2. The van der Waals surface area contributed by atoms with Crippen molar-refractivity contribution in [3.8, 4) is 0 Å². The monoisotopic (exact) mass is 334 g/mol. The minimum atomic E-state index is -3.83. The van der Waals surface area contributed by atoms with E-state index in [1.165, 1.54) is 12.3 Å². The Morgan fingerprint density at radius 2 is 2.00 bits per heavy atom. The van der Waals surface area contributed by atoms with Crippen LogP contribution in [-0.4, -0.2) is 25.4 Å². The minimum Gasteiger partial charge on any atom is -0.350 e. The first kappa shape index (κ1) is 18.0. The van der Waals surface area contributed by atoms with Crippen LogP contribution < -0.4 is 5.32 Å². The van der Waals surface area contributed by atoms with Crippen LogP contribution in [0.3, 0.4) is 0 Å². The van der Waals surface area contributed by atoms with Crippen LogP contribution in [0.25, 0.3) is 0 Å². The molecular weight excluding hydrogens is 312 g/mol. The lowest BCUT2D eigenvalue weighted by atomic mass is 9.90. The van der Waals surface area contributed by atoms with Gasteiger partial charge in [-0.1, -0.05) is 27.7 Å². The highest BCUT2D eigenvalue weighted by Crippen LogP contribution is 2.21. The molecule has 0 aliphatic carbocycles. The highest BCUT2D eigenvalue weighted by molar-refractivity contribution is 8.13. The summed E-state index contributed by atoms with van der Waals surface area (Å²) in [5.74, 6) is -0.281. The van der Waals surface area contributed by atoms with Gasteiger partial charge in [-0.2, -0.15) is 0 Å². The Morgan fingerprint density at radius 1 is 1.38 bits per heavy atom. The molecule has 0 spiro atoms. The summed E-state index contributed by atoms with van der Waals surface area (Å²) in [5, 5.41) is 2.86. The molecule has 5 nitrogen and oxygen atoms in total. The van der Waals surface area contributed by atoms with E-state index in [1.807, 2.05) is 6.92 Å². The van der Waals surface area contributed by atoms with Crippen molar-refractivity contribution in [2.45, 2.75) is 52.0 Å². The van der Waals surface area contributed by atoms with Gasteiger partial charge in [0.25, 0.3) is 15.0 Å². The van der Waals surface area contributed by atoms with Gasteiger partial charge >= 0.3 is 0 Å². The number of rotatable bonds is 7. The van der Waals surface area contributed by atoms with Crippen LogP contribution in [0.5, 0.6) is 0 Å². The standard InChI is InChI=1S/C14H23ClN2O3S/c1-5-7-17-9-11(21(15,19)20)8-12(17)13(18)16-10-14(3,4)6-2/h8-9H,5-7,10H2,1-4H3,(H,16,18). The Labute approximate surface area is 131 Å².